The molecule has 0 spiro atoms. The van der Waals surface area contributed by atoms with Crippen molar-refractivity contribution in [2.75, 3.05) is 19.3 Å². The second-order valence-corrected chi connectivity index (χ2v) is 9.20. The van der Waals surface area contributed by atoms with Gasteiger partial charge in [0.1, 0.15) is 0 Å². The second-order valence-electron chi connectivity index (χ2n) is 5.95. The van der Waals surface area contributed by atoms with Crippen LogP contribution in [0.3, 0.4) is 0 Å². The summed E-state index contributed by atoms with van der Waals surface area (Å²) in [7, 11) is -3.76. The van der Waals surface area contributed by atoms with Crippen LogP contribution in [-0.2, 0) is 14.8 Å². The minimum Gasteiger partial charge on any atom is -0.348 e. The van der Waals surface area contributed by atoms with Gasteiger partial charge in [-0.15, -0.1) is 11.8 Å². The maximum Gasteiger partial charge on any atom is 0.243 e. The van der Waals surface area contributed by atoms with E-state index in [1.165, 1.54) is 24.3 Å². The van der Waals surface area contributed by atoms with E-state index < -0.39 is 10.0 Å². The molecule has 1 N–H and O–H groups in total. The van der Waals surface area contributed by atoms with Crippen molar-refractivity contribution in [1.82, 2.24) is 9.62 Å². The van der Waals surface area contributed by atoms with Gasteiger partial charge in [-0.05, 0) is 55.1 Å². The van der Waals surface area contributed by atoms with Crippen molar-refractivity contribution in [2.45, 2.75) is 29.7 Å². The summed E-state index contributed by atoms with van der Waals surface area (Å²) in [5.41, 5.74) is 0.963. The van der Waals surface area contributed by atoms with Crippen LogP contribution in [0.5, 0.6) is 0 Å². The number of nitrogens with one attached hydrogen (secondary N) is 1. The molecule has 0 bridgehead atoms. The first-order valence-electron chi connectivity index (χ1n) is 8.47. The molecule has 8 heteroatoms. The van der Waals surface area contributed by atoms with Gasteiger partial charge < -0.3 is 5.32 Å². The summed E-state index contributed by atoms with van der Waals surface area (Å²) >= 11 is 7.47. The second kappa shape index (κ2) is 9.59. The number of carbonyl (C=O) groups is 1. The van der Waals surface area contributed by atoms with E-state index in [2.05, 4.69) is 5.32 Å². The highest BCUT2D eigenvalue weighted by Gasteiger charge is 2.25. The number of halogens is 1. The number of sulfonamides is 1. The molecule has 27 heavy (non-hydrogen) atoms. The summed E-state index contributed by atoms with van der Waals surface area (Å²) in [5, 5.41) is 3.31. The maximum atomic E-state index is 12.7. The highest BCUT2D eigenvalue weighted by atomic mass is 35.5. The number of nitrogens with zero attached hydrogens (tertiary/aromatic N) is 1. The van der Waals surface area contributed by atoms with E-state index in [4.69, 9.17) is 11.6 Å². The standard InChI is InChI=1S/C19H23ClN2O3S2/c1-4-22(27(24,25)18-11-7-16(20)8-12-18)13-19(23)21-14(2)15-5-9-17(26-3)10-6-15/h5-12,14H,4,13H2,1-3H3,(H,21,23)/t14-/m0/s1. The Morgan fingerprint density at radius 2 is 1.74 bits per heavy atom. The predicted molar refractivity (Wildman–Crippen MR) is 111 cm³/mol. The molecule has 1 atom stereocenters. The molecule has 146 valence electrons. The van der Waals surface area contributed by atoms with Crippen molar-refractivity contribution in [1.29, 1.82) is 0 Å². The summed E-state index contributed by atoms with van der Waals surface area (Å²) in [6.45, 7) is 3.52. The SMILES string of the molecule is CCN(CC(=O)N[C@@H](C)c1ccc(SC)cc1)S(=O)(=O)c1ccc(Cl)cc1. The van der Waals surface area contributed by atoms with Gasteiger partial charge in [0.2, 0.25) is 15.9 Å². The number of amides is 1. The van der Waals surface area contributed by atoms with Crippen molar-refractivity contribution in [2.24, 2.45) is 0 Å². The fraction of sp³-hybridized carbons (Fsp3) is 0.316. The summed E-state index contributed by atoms with van der Waals surface area (Å²) in [4.78, 5) is 13.7. The molecule has 2 aromatic carbocycles. The normalized spacial score (nSPS) is 12.8. The van der Waals surface area contributed by atoms with Crippen LogP contribution in [0.2, 0.25) is 5.02 Å². The number of hydrogen-bond donors (Lipinski definition) is 1. The molecule has 1 amide bonds. The summed E-state index contributed by atoms with van der Waals surface area (Å²) in [6, 6.07) is 13.6. The number of thioether (sulfide) groups is 1. The molecular weight excluding hydrogens is 404 g/mol. The van der Waals surface area contributed by atoms with E-state index in [1.807, 2.05) is 37.4 Å². The molecule has 0 saturated heterocycles. The van der Waals surface area contributed by atoms with Crippen molar-refractivity contribution >= 4 is 39.3 Å². The van der Waals surface area contributed by atoms with Crippen molar-refractivity contribution in [3.8, 4) is 0 Å². The van der Waals surface area contributed by atoms with Gasteiger partial charge in [0, 0.05) is 16.5 Å². The third-order valence-electron chi connectivity index (χ3n) is 4.12. The lowest BCUT2D eigenvalue weighted by Gasteiger charge is -2.22. The lowest BCUT2D eigenvalue weighted by Crippen LogP contribution is -2.41. The molecule has 0 radical (unpaired) electrons. The molecule has 5 nitrogen and oxygen atoms in total. The highest BCUT2D eigenvalue weighted by molar-refractivity contribution is 7.98. The van der Waals surface area contributed by atoms with E-state index >= 15 is 0 Å². The highest BCUT2D eigenvalue weighted by Crippen LogP contribution is 2.20. The lowest BCUT2D eigenvalue weighted by atomic mass is 10.1. The van der Waals surface area contributed by atoms with Crippen LogP contribution < -0.4 is 5.32 Å². The average Bonchev–Trinajstić information content (AvgIpc) is 2.66. The van der Waals surface area contributed by atoms with Gasteiger partial charge in [-0.2, -0.15) is 4.31 Å². The Bertz CT molecular complexity index is 869. The van der Waals surface area contributed by atoms with Crippen LogP contribution in [0.15, 0.2) is 58.3 Å². The largest absolute Gasteiger partial charge is 0.348 e. The van der Waals surface area contributed by atoms with Crippen molar-refractivity contribution in [3.05, 3.63) is 59.1 Å². The topological polar surface area (TPSA) is 66.5 Å². The van der Waals surface area contributed by atoms with Crippen LogP contribution >= 0.6 is 23.4 Å². The minimum atomic E-state index is -3.76. The van der Waals surface area contributed by atoms with Crippen LogP contribution in [-0.4, -0.2) is 38.0 Å². The van der Waals surface area contributed by atoms with E-state index in [-0.39, 0.29) is 29.9 Å². The zero-order valence-corrected chi connectivity index (χ0v) is 17.9. The number of carbonyl (C=O) groups excluding carboxylic acids is 1. The van der Waals surface area contributed by atoms with Gasteiger partial charge in [-0.3, -0.25) is 4.79 Å². The monoisotopic (exact) mass is 426 g/mol. The Labute approximate surface area is 170 Å². The first-order valence-corrected chi connectivity index (χ1v) is 11.5. The smallest absolute Gasteiger partial charge is 0.243 e. The van der Waals surface area contributed by atoms with Crippen LogP contribution in [0.25, 0.3) is 0 Å². The first-order chi connectivity index (χ1) is 12.8. The fourth-order valence-corrected chi connectivity index (χ4v) is 4.49. The first kappa shape index (κ1) is 21.8. The Balaban J connectivity index is 2.06. The zero-order chi connectivity index (χ0) is 20.0. The third kappa shape index (κ3) is 5.72. The van der Waals surface area contributed by atoms with Crippen molar-refractivity contribution < 1.29 is 13.2 Å². The number of hydrogen-bond acceptors (Lipinski definition) is 4. The Morgan fingerprint density at radius 1 is 1.15 bits per heavy atom. The van der Waals surface area contributed by atoms with E-state index in [1.54, 1.807) is 18.7 Å². The van der Waals surface area contributed by atoms with E-state index in [0.29, 0.717) is 5.02 Å². The van der Waals surface area contributed by atoms with Crippen LogP contribution in [0, 0.1) is 0 Å². The Kier molecular flexibility index (Phi) is 7.73. The molecule has 2 rings (SSSR count). The fourth-order valence-electron chi connectivity index (χ4n) is 2.55. The molecule has 0 aliphatic rings. The molecule has 0 saturated carbocycles. The number of rotatable bonds is 8. The summed E-state index contributed by atoms with van der Waals surface area (Å²) < 4.78 is 26.6. The predicted octanol–water partition coefficient (Wildman–Crippen LogP) is 3.95. The molecule has 0 fully saturated rings. The van der Waals surface area contributed by atoms with Gasteiger partial charge in [0.05, 0.1) is 17.5 Å². The van der Waals surface area contributed by atoms with Gasteiger partial charge in [-0.1, -0.05) is 30.7 Å². The average molecular weight is 427 g/mol. The molecule has 2 aromatic rings. The molecule has 0 aromatic heterocycles. The Hall–Kier alpha value is -1.54. The van der Waals surface area contributed by atoms with Gasteiger partial charge >= 0.3 is 0 Å². The molecular formula is C19H23ClN2O3S2. The lowest BCUT2D eigenvalue weighted by molar-refractivity contribution is -0.121. The van der Waals surface area contributed by atoms with E-state index in [9.17, 15) is 13.2 Å². The van der Waals surface area contributed by atoms with Crippen molar-refractivity contribution in [3.63, 3.8) is 0 Å². The number of likely N-dealkylation sites (N-methyl/N-ethyl adjacent to an activating group) is 1. The summed E-state index contributed by atoms with van der Waals surface area (Å²) in [6.07, 6.45) is 2.00. The summed E-state index contributed by atoms with van der Waals surface area (Å²) in [5.74, 6) is -0.351. The molecule has 0 aliphatic carbocycles. The van der Waals surface area contributed by atoms with E-state index in [0.717, 1.165) is 14.8 Å². The zero-order valence-electron chi connectivity index (χ0n) is 15.5. The molecule has 0 heterocycles. The van der Waals surface area contributed by atoms with Crippen LogP contribution in [0.1, 0.15) is 25.5 Å². The quantitative estimate of drug-likeness (QED) is 0.649. The maximum absolute atomic E-state index is 12.7. The molecule has 0 aliphatic heterocycles. The van der Waals surface area contributed by atoms with Gasteiger partial charge in [0.25, 0.3) is 0 Å². The van der Waals surface area contributed by atoms with Gasteiger partial charge in [0.15, 0.2) is 0 Å². The molecule has 0 unspecified atom stereocenters. The number of benzene rings is 2. The van der Waals surface area contributed by atoms with Gasteiger partial charge in [-0.25, -0.2) is 8.42 Å². The Morgan fingerprint density at radius 3 is 2.26 bits per heavy atom. The van der Waals surface area contributed by atoms with Crippen LogP contribution in [0.4, 0.5) is 0 Å². The third-order valence-corrected chi connectivity index (χ3v) is 7.05. The minimum absolute atomic E-state index is 0.113.